The normalized spacial score (nSPS) is 10.7. The number of aryl methyl sites for hydroxylation is 1. The second kappa shape index (κ2) is 5.48. The van der Waals surface area contributed by atoms with Crippen LogP contribution in [0.5, 0.6) is 5.75 Å². The first kappa shape index (κ1) is 13.0. The Bertz CT molecular complexity index is 534. The van der Waals surface area contributed by atoms with Crippen molar-refractivity contribution in [1.82, 2.24) is 9.78 Å². The number of ether oxygens (including phenoxy) is 1. The number of hydrogen-bond donors (Lipinski definition) is 0. The minimum Gasteiger partial charge on any atom is -0.481 e. The summed E-state index contributed by atoms with van der Waals surface area (Å²) in [6.45, 7) is 0.0301. The van der Waals surface area contributed by atoms with Crippen LogP contribution in [0.15, 0.2) is 24.4 Å². The van der Waals surface area contributed by atoms with Crippen LogP contribution >= 0.6 is 15.9 Å². The molecule has 1 aromatic heterocycles. The molecule has 18 heavy (non-hydrogen) atoms. The fraction of sp³-hybridized carbons (Fsp3) is 0.250. The SMILES string of the molecule is Cn1ccc(COc2c(F)cc(CBr)cc2F)n1. The Morgan fingerprint density at radius 1 is 1.33 bits per heavy atom. The summed E-state index contributed by atoms with van der Waals surface area (Å²) in [6, 6.07) is 4.21. The Kier molecular flexibility index (Phi) is 3.96. The van der Waals surface area contributed by atoms with Gasteiger partial charge in [0.2, 0.25) is 0 Å². The monoisotopic (exact) mass is 316 g/mol. The molecule has 0 amide bonds. The molecule has 2 rings (SSSR count). The largest absolute Gasteiger partial charge is 0.481 e. The molecule has 1 heterocycles. The zero-order valence-electron chi connectivity index (χ0n) is 9.66. The average molecular weight is 317 g/mol. The van der Waals surface area contributed by atoms with Crippen LogP contribution in [0.2, 0.25) is 0 Å². The molecule has 0 unspecified atom stereocenters. The first-order valence-corrected chi connectivity index (χ1v) is 6.37. The lowest BCUT2D eigenvalue weighted by atomic mass is 10.2. The van der Waals surface area contributed by atoms with Crippen molar-refractivity contribution in [2.24, 2.45) is 7.05 Å². The second-order valence-corrected chi connectivity index (χ2v) is 4.35. The number of aromatic nitrogens is 2. The van der Waals surface area contributed by atoms with Crippen LogP contribution in [0.25, 0.3) is 0 Å². The molecule has 3 nitrogen and oxygen atoms in total. The predicted molar refractivity (Wildman–Crippen MR) is 66.5 cm³/mol. The van der Waals surface area contributed by atoms with Gasteiger partial charge in [-0.15, -0.1) is 0 Å². The van der Waals surface area contributed by atoms with Gasteiger partial charge in [-0.25, -0.2) is 8.78 Å². The van der Waals surface area contributed by atoms with E-state index in [1.165, 1.54) is 12.1 Å². The van der Waals surface area contributed by atoms with Crippen molar-refractivity contribution >= 4 is 15.9 Å². The Labute approximate surface area is 112 Å². The first-order chi connectivity index (χ1) is 8.60. The molecule has 0 N–H and O–H groups in total. The highest BCUT2D eigenvalue weighted by molar-refractivity contribution is 9.08. The van der Waals surface area contributed by atoms with Crippen LogP contribution < -0.4 is 4.74 Å². The van der Waals surface area contributed by atoms with Gasteiger partial charge in [-0.05, 0) is 23.8 Å². The molecule has 0 saturated carbocycles. The maximum atomic E-state index is 13.6. The van der Waals surface area contributed by atoms with Crippen molar-refractivity contribution in [2.45, 2.75) is 11.9 Å². The van der Waals surface area contributed by atoms with Crippen molar-refractivity contribution in [2.75, 3.05) is 0 Å². The van der Waals surface area contributed by atoms with Crippen LogP contribution in [0.4, 0.5) is 8.78 Å². The number of nitrogens with zero attached hydrogens (tertiary/aromatic N) is 2. The molecule has 0 atom stereocenters. The molecule has 0 fully saturated rings. The van der Waals surface area contributed by atoms with E-state index in [2.05, 4.69) is 21.0 Å². The van der Waals surface area contributed by atoms with E-state index in [4.69, 9.17) is 4.74 Å². The van der Waals surface area contributed by atoms with E-state index in [9.17, 15) is 8.78 Å². The molecule has 0 bridgehead atoms. The highest BCUT2D eigenvalue weighted by atomic mass is 79.9. The van der Waals surface area contributed by atoms with Gasteiger partial charge in [-0.2, -0.15) is 5.10 Å². The third-order valence-electron chi connectivity index (χ3n) is 2.35. The molecule has 2 aromatic rings. The molecule has 6 heteroatoms. The quantitative estimate of drug-likeness (QED) is 0.810. The minimum atomic E-state index is -0.708. The zero-order valence-corrected chi connectivity index (χ0v) is 11.2. The van der Waals surface area contributed by atoms with E-state index in [1.54, 1.807) is 24.0 Å². The summed E-state index contributed by atoms with van der Waals surface area (Å²) in [5, 5.41) is 4.45. The molecule has 0 aliphatic heterocycles. The maximum Gasteiger partial charge on any atom is 0.191 e. The highest BCUT2D eigenvalue weighted by Crippen LogP contribution is 2.25. The minimum absolute atomic E-state index is 0.0301. The lowest BCUT2D eigenvalue weighted by Crippen LogP contribution is -2.02. The summed E-state index contributed by atoms with van der Waals surface area (Å²) in [5.41, 5.74) is 1.14. The van der Waals surface area contributed by atoms with Gasteiger partial charge in [0, 0.05) is 18.6 Å². The van der Waals surface area contributed by atoms with Crippen LogP contribution in [0, 0.1) is 11.6 Å². The van der Waals surface area contributed by atoms with E-state index in [-0.39, 0.29) is 12.4 Å². The Morgan fingerprint density at radius 2 is 2.00 bits per heavy atom. The fourth-order valence-corrected chi connectivity index (χ4v) is 1.84. The van der Waals surface area contributed by atoms with E-state index in [1.807, 2.05) is 0 Å². The smallest absolute Gasteiger partial charge is 0.191 e. The average Bonchev–Trinajstić information content (AvgIpc) is 2.73. The highest BCUT2D eigenvalue weighted by Gasteiger charge is 2.13. The number of alkyl halides is 1. The van der Waals surface area contributed by atoms with Crippen molar-refractivity contribution in [3.8, 4) is 5.75 Å². The van der Waals surface area contributed by atoms with E-state index >= 15 is 0 Å². The number of rotatable bonds is 4. The Hall–Kier alpha value is -1.43. The standard InChI is InChI=1S/C12H11BrF2N2O/c1-17-3-2-9(16-17)7-18-12-10(14)4-8(6-13)5-11(12)15/h2-5H,6-7H2,1H3. The van der Waals surface area contributed by atoms with Crippen LogP contribution in [0.3, 0.4) is 0 Å². The molecule has 0 saturated heterocycles. The van der Waals surface area contributed by atoms with E-state index in [0.717, 1.165) is 0 Å². The van der Waals surface area contributed by atoms with E-state index < -0.39 is 11.6 Å². The van der Waals surface area contributed by atoms with Gasteiger partial charge < -0.3 is 4.74 Å². The van der Waals surface area contributed by atoms with Gasteiger partial charge in [-0.1, -0.05) is 15.9 Å². The zero-order chi connectivity index (χ0) is 13.1. The van der Waals surface area contributed by atoms with Gasteiger partial charge in [0.1, 0.15) is 6.61 Å². The van der Waals surface area contributed by atoms with Crippen LogP contribution in [-0.2, 0) is 19.0 Å². The summed E-state index contributed by atoms with van der Waals surface area (Å²) < 4.78 is 33.9. The predicted octanol–water partition coefficient (Wildman–Crippen LogP) is 3.17. The van der Waals surface area contributed by atoms with Crippen molar-refractivity contribution in [1.29, 1.82) is 0 Å². The van der Waals surface area contributed by atoms with Gasteiger partial charge in [0.05, 0.1) is 5.69 Å². The van der Waals surface area contributed by atoms with Gasteiger partial charge in [-0.3, -0.25) is 4.68 Å². The molecular formula is C12H11BrF2N2O. The molecule has 96 valence electrons. The number of benzene rings is 1. The Balaban J connectivity index is 2.14. The third-order valence-corrected chi connectivity index (χ3v) is 2.99. The van der Waals surface area contributed by atoms with Crippen LogP contribution in [-0.4, -0.2) is 9.78 Å². The number of halogens is 3. The Morgan fingerprint density at radius 3 is 2.50 bits per heavy atom. The summed E-state index contributed by atoms with van der Waals surface area (Å²) in [4.78, 5) is 0. The summed E-state index contributed by atoms with van der Waals surface area (Å²) >= 11 is 3.14. The fourth-order valence-electron chi connectivity index (χ4n) is 1.51. The van der Waals surface area contributed by atoms with Crippen LogP contribution in [0.1, 0.15) is 11.3 Å². The van der Waals surface area contributed by atoms with E-state index in [0.29, 0.717) is 16.6 Å². The number of hydrogen-bond acceptors (Lipinski definition) is 2. The molecule has 1 aromatic carbocycles. The third kappa shape index (κ3) is 2.87. The van der Waals surface area contributed by atoms with Gasteiger partial charge in [0.25, 0.3) is 0 Å². The van der Waals surface area contributed by atoms with Crippen molar-refractivity contribution in [3.63, 3.8) is 0 Å². The van der Waals surface area contributed by atoms with Gasteiger partial charge in [0.15, 0.2) is 17.4 Å². The molecule has 0 aliphatic rings. The molecule has 0 radical (unpaired) electrons. The molecule has 0 spiro atoms. The van der Waals surface area contributed by atoms with Crippen molar-refractivity contribution in [3.05, 3.63) is 47.3 Å². The summed E-state index contributed by atoms with van der Waals surface area (Å²) in [6.07, 6.45) is 1.74. The van der Waals surface area contributed by atoms with Gasteiger partial charge >= 0.3 is 0 Å². The molecular weight excluding hydrogens is 306 g/mol. The topological polar surface area (TPSA) is 27.1 Å². The summed E-state index contributed by atoms with van der Waals surface area (Å²) in [7, 11) is 1.76. The lowest BCUT2D eigenvalue weighted by molar-refractivity contribution is 0.269. The first-order valence-electron chi connectivity index (χ1n) is 5.25. The maximum absolute atomic E-state index is 13.6. The lowest BCUT2D eigenvalue weighted by Gasteiger charge is -2.08. The second-order valence-electron chi connectivity index (χ2n) is 3.79. The van der Waals surface area contributed by atoms with Crippen molar-refractivity contribution < 1.29 is 13.5 Å². The summed E-state index contributed by atoms with van der Waals surface area (Å²) in [5.74, 6) is -1.79. The molecule has 0 aliphatic carbocycles.